The maximum Gasteiger partial charge on any atom is 0.418 e. The molecule has 0 heterocycles. The van der Waals surface area contributed by atoms with Crippen LogP contribution in [-0.4, -0.2) is 11.1 Å². The summed E-state index contributed by atoms with van der Waals surface area (Å²) in [6.07, 6.45) is -9.44. The van der Waals surface area contributed by atoms with Gasteiger partial charge in [-0.1, -0.05) is 62.4 Å². The predicted molar refractivity (Wildman–Crippen MR) is 130 cm³/mol. The van der Waals surface area contributed by atoms with Crippen molar-refractivity contribution in [1.29, 1.82) is 0 Å². The van der Waals surface area contributed by atoms with Crippen LogP contribution in [0.4, 0.5) is 32.0 Å². The van der Waals surface area contributed by atoms with Crippen molar-refractivity contribution in [2.45, 2.75) is 45.6 Å². The molecule has 37 heavy (non-hydrogen) atoms. The Labute approximate surface area is 211 Å². The lowest BCUT2D eigenvalue weighted by Gasteiger charge is -2.23. The first-order valence-corrected chi connectivity index (χ1v) is 11.7. The molecule has 2 N–H and O–H groups in total. The number of benzene rings is 3. The fourth-order valence-corrected chi connectivity index (χ4v) is 4.25. The summed E-state index contributed by atoms with van der Waals surface area (Å²) in [5, 5.41) is 12.4. The molecule has 198 valence electrons. The largest absolute Gasteiger partial charge is 0.481 e. The maximum atomic E-state index is 14.4. The molecule has 0 saturated heterocycles. The molecular formula is C28H27F6NO2. The zero-order chi connectivity index (χ0) is 27.4. The van der Waals surface area contributed by atoms with Crippen LogP contribution in [0.5, 0.6) is 0 Å². The van der Waals surface area contributed by atoms with Gasteiger partial charge in [-0.15, -0.1) is 0 Å². The molecule has 0 saturated carbocycles. The molecular weight excluding hydrogens is 496 g/mol. The Bertz CT molecular complexity index is 1200. The van der Waals surface area contributed by atoms with Crippen LogP contribution >= 0.6 is 0 Å². The van der Waals surface area contributed by atoms with Crippen LogP contribution in [0.25, 0.3) is 11.1 Å². The molecule has 0 aliphatic rings. The molecule has 0 aliphatic heterocycles. The Morgan fingerprint density at radius 2 is 1.49 bits per heavy atom. The Balaban J connectivity index is 2.07. The van der Waals surface area contributed by atoms with E-state index in [0.29, 0.717) is 16.7 Å². The van der Waals surface area contributed by atoms with E-state index in [4.69, 9.17) is 0 Å². The van der Waals surface area contributed by atoms with Crippen LogP contribution in [0.2, 0.25) is 0 Å². The molecule has 0 amide bonds. The maximum absolute atomic E-state index is 14.4. The number of carboxylic acids is 1. The van der Waals surface area contributed by atoms with Gasteiger partial charge in [0.25, 0.3) is 0 Å². The van der Waals surface area contributed by atoms with Gasteiger partial charge in [0.2, 0.25) is 0 Å². The van der Waals surface area contributed by atoms with Gasteiger partial charge in [0, 0.05) is 12.2 Å². The third kappa shape index (κ3) is 7.50. The van der Waals surface area contributed by atoms with Crippen molar-refractivity contribution in [2.24, 2.45) is 11.8 Å². The Morgan fingerprint density at radius 1 is 0.865 bits per heavy atom. The number of hydrogen-bond donors (Lipinski definition) is 2. The highest BCUT2D eigenvalue weighted by Gasteiger charge is 2.38. The smallest absolute Gasteiger partial charge is 0.418 e. The molecule has 1 unspecified atom stereocenters. The van der Waals surface area contributed by atoms with Crippen LogP contribution in [0, 0.1) is 11.8 Å². The molecule has 0 spiro atoms. The highest BCUT2D eigenvalue weighted by atomic mass is 19.4. The van der Waals surface area contributed by atoms with Gasteiger partial charge in [0.15, 0.2) is 0 Å². The third-order valence-electron chi connectivity index (χ3n) is 5.95. The number of aliphatic carboxylic acids is 1. The number of anilines is 1. The van der Waals surface area contributed by atoms with E-state index in [1.54, 1.807) is 44.2 Å². The van der Waals surface area contributed by atoms with Gasteiger partial charge in [0.1, 0.15) is 0 Å². The van der Waals surface area contributed by atoms with Gasteiger partial charge in [-0.2, -0.15) is 26.3 Å². The molecule has 3 aromatic rings. The minimum atomic E-state index is -4.80. The van der Waals surface area contributed by atoms with E-state index < -0.39 is 35.4 Å². The van der Waals surface area contributed by atoms with E-state index in [1.165, 1.54) is 24.3 Å². The van der Waals surface area contributed by atoms with Crippen molar-refractivity contribution in [2.75, 3.05) is 5.32 Å². The van der Waals surface area contributed by atoms with Crippen molar-refractivity contribution in [1.82, 2.24) is 0 Å². The summed E-state index contributed by atoms with van der Waals surface area (Å²) in [5.41, 5.74) is -0.789. The Hall–Kier alpha value is -3.49. The molecule has 0 aromatic heterocycles. The summed E-state index contributed by atoms with van der Waals surface area (Å²) in [5.74, 6) is -2.23. The second-order valence-electron chi connectivity index (χ2n) is 9.34. The van der Waals surface area contributed by atoms with E-state index >= 15 is 0 Å². The van der Waals surface area contributed by atoms with E-state index in [1.807, 2.05) is 0 Å². The van der Waals surface area contributed by atoms with E-state index in [-0.39, 0.29) is 36.6 Å². The van der Waals surface area contributed by atoms with Crippen LogP contribution < -0.4 is 5.32 Å². The van der Waals surface area contributed by atoms with Gasteiger partial charge in [-0.25, -0.2) is 0 Å². The number of carbonyl (C=O) groups is 1. The first-order valence-electron chi connectivity index (χ1n) is 11.7. The Kier molecular flexibility index (Phi) is 8.56. The topological polar surface area (TPSA) is 49.3 Å². The summed E-state index contributed by atoms with van der Waals surface area (Å²) in [6.45, 7) is 3.45. The molecule has 9 heteroatoms. The summed E-state index contributed by atoms with van der Waals surface area (Å²) in [7, 11) is 0. The van der Waals surface area contributed by atoms with E-state index in [0.717, 1.165) is 12.1 Å². The minimum Gasteiger partial charge on any atom is -0.481 e. The number of halogens is 6. The quantitative estimate of drug-likeness (QED) is 0.278. The van der Waals surface area contributed by atoms with Crippen molar-refractivity contribution >= 4 is 11.7 Å². The molecule has 1 atom stereocenters. The van der Waals surface area contributed by atoms with Crippen molar-refractivity contribution in [3.8, 4) is 11.1 Å². The number of nitrogens with one attached hydrogen (secondary N) is 1. The highest BCUT2D eigenvalue weighted by molar-refractivity contribution is 5.74. The minimum absolute atomic E-state index is 0.0370. The average molecular weight is 524 g/mol. The third-order valence-corrected chi connectivity index (χ3v) is 5.95. The highest BCUT2D eigenvalue weighted by Crippen LogP contribution is 2.42. The molecule has 0 bridgehead atoms. The summed E-state index contributed by atoms with van der Waals surface area (Å²) < 4.78 is 81.7. The van der Waals surface area contributed by atoms with Gasteiger partial charge in [-0.3, -0.25) is 4.79 Å². The number of rotatable bonds is 9. The van der Waals surface area contributed by atoms with Gasteiger partial charge in [0.05, 0.1) is 17.0 Å². The molecule has 0 fully saturated rings. The second kappa shape index (κ2) is 11.3. The van der Waals surface area contributed by atoms with Gasteiger partial charge in [-0.05, 0) is 59.2 Å². The van der Waals surface area contributed by atoms with Crippen LogP contribution in [0.3, 0.4) is 0 Å². The van der Waals surface area contributed by atoms with Crippen LogP contribution in [0.1, 0.15) is 42.5 Å². The normalized spacial score (nSPS) is 13.0. The van der Waals surface area contributed by atoms with Crippen molar-refractivity contribution < 1.29 is 36.2 Å². The predicted octanol–water partition coefficient (Wildman–Crippen LogP) is 8.29. The first kappa shape index (κ1) is 28.1. The number of alkyl halides is 6. The van der Waals surface area contributed by atoms with Gasteiger partial charge >= 0.3 is 18.3 Å². The SMILES string of the molecule is CC(C)CC(Cc1cc(-c2ccccc2)cc(NCc2ccc(C(F)(F)F)cc2)c1C(F)(F)F)C(=O)O. The van der Waals surface area contributed by atoms with Gasteiger partial charge < -0.3 is 10.4 Å². The standard InChI is InChI=1S/C28H27F6NO2/c1-17(2)12-22(26(36)37)14-21-13-20(19-6-4-3-5-7-19)15-24(25(21)28(32,33)34)35-16-18-8-10-23(11-9-18)27(29,30)31/h3-11,13,15,17,22,35H,12,14,16H2,1-2H3,(H,36,37). The molecule has 0 aliphatic carbocycles. The molecule has 3 rings (SSSR count). The summed E-state index contributed by atoms with van der Waals surface area (Å²) in [6, 6.07) is 15.6. The summed E-state index contributed by atoms with van der Waals surface area (Å²) in [4.78, 5) is 11.9. The molecule has 0 radical (unpaired) electrons. The van der Waals surface area contributed by atoms with Crippen molar-refractivity contribution in [3.63, 3.8) is 0 Å². The number of carboxylic acid groups (broad SMARTS) is 1. The van der Waals surface area contributed by atoms with E-state index in [2.05, 4.69) is 5.32 Å². The zero-order valence-electron chi connectivity index (χ0n) is 20.3. The zero-order valence-corrected chi connectivity index (χ0v) is 20.3. The second-order valence-corrected chi connectivity index (χ2v) is 9.34. The molecule has 3 nitrogen and oxygen atoms in total. The fraction of sp³-hybridized carbons (Fsp3) is 0.321. The van der Waals surface area contributed by atoms with Crippen LogP contribution in [-0.2, 0) is 30.1 Å². The van der Waals surface area contributed by atoms with E-state index in [9.17, 15) is 36.2 Å². The monoisotopic (exact) mass is 523 g/mol. The average Bonchev–Trinajstić information content (AvgIpc) is 2.81. The van der Waals surface area contributed by atoms with Crippen molar-refractivity contribution in [3.05, 3.63) is 89.0 Å². The summed E-state index contributed by atoms with van der Waals surface area (Å²) >= 11 is 0. The Morgan fingerprint density at radius 3 is 2.00 bits per heavy atom. The fourth-order valence-electron chi connectivity index (χ4n) is 4.25. The number of hydrogen-bond acceptors (Lipinski definition) is 2. The first-order chi connectivity index (χ1) is 17.3. The lowest BCUT2D eigenvalue weighted by atomic mass is 9.87. The lowest BCUT2D eigenvalue weighted by Crippen LogP contribution is -2.22. The van der Waals surface area contributed by atoms with Crippen LogP contribution in [0.15, 0.2) is 66.7 Å². The lowest BCUT2D eigenvalue weighted by molar-refractivity contribution is -0.143. The molecule has 3 aromatic carbocycles.